The zero-order valence-electron chi connectivity index (χ0n) is 8.05. The highest BCUT2D eigenvalue weighted by Gasteiger charge is 2.16. The minimum atomic E-state index is 0.00176. The fourth-order valence-electron chi connectivity index (χ4n) is 1.70. The Morgan fingerprint density at radius 3 is 2.86 bits per heavy atom. The van der Waals surface area contributed by atoms with Crippen molar-refractivity contribution in [2.45, 2.75) is 18.9 Å². The number of amides is 1. The average molecular weight is 193 g/mol. The molecule has 4 heteroatoms. The molecule has 3 N–H and O–H groups in total. The lowest BCUT2D eigenvalue weighted by Crippen LogP contribution is -2.42. The van der Waals surface area contributed by atoms with E-state index in [0.717, 1.165) is 25.9 Å². The number of aromatic amines is 1. The summed E-state index contributed by atoms with van der Waals surface area (Å²) in [6.07, 6.45) is 3.80. The van der Waals surface area contributed by atoms with Gasteiger partial charge >= 0.3 is 0 Å². The molecule has 4 nitrogen and oxygen atoms in total. The second kappa shape index (κ2) is 4.28. The van der Waals surface area contributed by atoms with E-state index >= 15 is 0 Å². The number of H-pyrrole nitrogens is 1. The summed E-state index contributed by atoms with van der Waals surface area (Å²) in [6, 6.07) is 3.94. The van der Waals surface area contributed by atoms with E-state index in [0.29, 0.717) is 11.7 Å². The second-order valence-corrected chi connectivity index (χ2v) is 3.58. The van der Waals surface area contributed by atoms with Gasteiger partial charge in [-0.2, -0.15) is 0 Å². The predicted octanol–water partition coefficient (Wildman–Crippen LogP) is 0.496. The molecule has 0 aromatic carbocycles. The number of piperidine rings is 1. The Kier molecular flexibility index (Phi) is 2.84. The SMILES string of the molecule is O=C(NC1CCNCC1)c1ccc[nH]1. The number of carbonyl (C=O) groups excluding carboxylic acids is 1. The summed E-state index contributed by atoms with van der Waals surface area (Å²) >= 11 is 0. The van der Waals surface area contributed by atoms with Crippen molar-refractivity contribution in [2.24, 2.45) is 0 Å². The van der Waals surface area contributed by atoms with Gasteiger partial charge in [0.2, 0.25) is 0 Å². The standard InChI is InChI=1S/C10H15N3O/c14-10(9-2-1-5-12-9)13-8-3-6-11-7-4-8/h1-2,5,8,11-12H,3-4,6-7H2,(H,13,14). The van der Waals surface area contributed by atoms with Crippen molar-refractivity contribution in [3.8, 4) is 0 Å². The monoisotopic (exact) mass is 193 g/mol. The number of nitrogens with one attached hydrogen (secondary N) is 3. The van der Waals surface area contributed by atoms with Gasteiger partial charge in [0.15, 0.2) is 0 Å². The number of carbonyl (C=O) groups is 1. The molecule has 1 aliphatic rings. The van der Waals surface area contributed by atoms with Crippen LogP contribution in [0.2, 0.25) is 0 Å². The van der Waals surface area contributed by atoms with Gasteiger partial charge in [0.25, 0.3) is 5.91 Å². The third-order valence-electron chi connectivity index (χ3n) is 2.52. The minimum Gasteiger partial charge on any atom is -0.357 e. The van der Waals surface area contributed by atoms with Crippen LogP contribution in [0.3, 0.4) is 0 Å². The van der Waals surface area contributed by atoms with E-state index in [1.165, 1.54) is 0 Å². The first-order chi connectivity index (χ1) is 6.86. The summed E-state index contributed by atoms with van der Waals surface area (Å²) < 4.78 is 0. The fraction of sp³-hybridized carbons (Fsp3) is 0.500. The van der Waals surface area contributed by atoms with Crippen molar-refractivity contribution in [1.29, 1.82) is 0 Å². The largest absolute Gasteiger partial charge is 0.357 e. The highest BCUT2D eigenvalue weighted by molar-refractivity contribution is 5.92. The summed E-state index contributed by atoms with van der Waals surface area (Å²) in [5, 5.41) is 6.27. The van der Waals surface area contributed by atoms with Crippen molar-refractivity contribution in [1.82, 2.24) is 15.6 Å². The van der Waals surface area contributed by atoms with Gasteiger partial charge in [-0.3, -0.25) is 4.79 Å². The normalized spacial score (nSPS) is 18.0. The summed E-state index contributed by atoms with van der Waals surface area (Å²) in [7, 11) is 0. The van der Waals surface area contributed by atoms with Gasteiger partial charge in [-0.25, -0.2) is 0 Å². The lowest BCUT2D eigenvalue weighted by atomic mass is 10.1. The molecule has 0 atom stereocenters. The number of rotatable bonds is 2. The van der Waals surface area contributed by atoms with Crippen molar-refractivity contribution >= 4 is 5.91 Å². The lowest BCUT2D eigenvalue weighted by molar-refractivity contribution is 0.0925. The predicted molar refractivity (Wildman–Crippen MR) is 54.2 cm³/mol. The molecule has 1 aromatic rings. The van der Waals surface area contributed by atoms with Crippen LogP contribution in [-0.4, -0.2) is 30.0 Å². The molecule has 1 saturated heterocycles. The van der Waals surface area contributed by atoms with Crippen LogP contribution in [0.4, 0.5) is 0 Å². The third-order valence-corrected chi connectivity index (χ3v) is 2.52. The van der Waals surface area contributed by atoms with E-state index in [2.05, 4.69) is 15.6 Å². The van der Waals surface area contributed by atoms with Crippen LogP contribution in [0.15, 0.2) is 18.3 Å². The molecule has 2 rings (SSSR count). The van der Waals surface area contributed by atoms with Crippen LogP contribution in [0.5, 0.6) is 0 Å². The van der Waals surface area contributed by atoms with Gasteiger partial charge in [0.1, 0.15) is 5.69 Å². The Bertz CT molecular complexity index is 288. The molecule has 0 spiro atoms. The van der Waals surface area contributed by atoms with Crippen LogP contribution in [0, 0.1) is 0 Å². The number of aromatic nitrogens is 1. The van der Waals surface area contributed by atoms with Crippen LogP contribution in [0.25, 0.3) is 0 Å². The molecular weight excluding hydrogens is 178 g/mol. The summed E-state index contributed by atoms with van der Waals surface area (Å²) in [4.78, 5) is 14.5. The first kappa shape index (κ1) is 9.27. The first-order valence-corrected chi connectivity index (χ1v) is 5.01. The molecule has 1 amide bonds. The molecule has 1 fully saturated rings. The van der Waals surface area contributed by atoms with Crippen molar-refractivity contribution in [3.05, 3.63) is 24.0 Å². The van der Waals surface area contributed by atoms with E-state index in [1.54, 1.807) is 12.3 Å². The van der Waals surface area contributed by atoms with E-state index in [1.807, 2.05) is 6.07 Å². The highest BCUT2D eigenvalue weighted by Crippen LogP contribution is 2.03. The van der Waals surface area contributed by atoms with E-state index < -0.39 is 0 Å². The van der Waals surface area contributed by atoms with Crippen molar-refractivity contribution in [2.75, 3.05) is 13.1 Å². The molecule has 14 heavy (non-hydrogen) atoms. The Labute approximate surface area is 83.1 Å². The molecular formula is C10H15N3O. The Balaban J connectivity index is 1.87. The van der Waals surface area contributed by atoms with Crippen LogP contribution >= 0.6 is 0 Å². The minimum absolute atomic E-state index is 0.00176. The van der Waals surface area contributed by atoms with E-state index in [-0.39, 0.29) is 5.91 Å². The van der Waals surface area contributed by atoms with Crippen LogP contribution in [-0.2, 0) is 0 Å². The molecule has 0 saturated carbocycles. The number of hydrogen-bond donors (Lipinski definition) is 3. The molecule has 1 aromatic heterocycles. The maximum Gasteiger partial charge on any atom is 0.267 e. The Morgan fingerprint density at radius 2 is 2.21 bits per heavy atom. The van der Waals surface area contributed by atoms with E-state index in [9.17, 15) is 4.79 Å². The fourth-order valence-corrected chi connectivity index (χ4v) is 1.70. The van der Waals surface area contributed by atoms with Gasteiger partial charge in [0, 0.05) is 12.2 Å². The van der Waals surface area contributed by atoms with E-state index in [4.69, 9.17) is 0 Å². The first-order valence-electron chi connectivity index (χ1n) is 5.01. The Hall–Kier alpha value is -1.29. The lowest BCUT2D eigenvalue weighted by Gasteiger charge is -2.23. The van der Waals surface area contributed by atoms with Gasteiger partial charge in [0.05, 0.1) is 0 Å². The molecule has 0 bridgehead atoms. The quantitative estimate of drug-likeness (QED) is 0.640. The van der Waals surface area contributed by atoms with Crippen LogP contribution in [0.1, 0.15) is 23.3 Å². The number of hydrogen-bond acceptors (Lipinski definition) is 2. The van der Waals surface area contributed by atoms with Crippen molar-refractivity contribution < 1.29 is 4.79 Å². The molecule has 0 aliphatic carbocycles. The zero-order chi connectivity index (χ0) is 9.80. The summed E-state index contributed by atoms with van der Waals surface area (Å²) in [6.45, 7) is 1.99. The van der Waals surface area contributed by atoms with Crippen LogP contribution < -0.4 is 10.6 Å². The molecule has 2 heterocycles. The Morgan fingerprint density at radius 1 is 1.43 bits per heavy atom. The van der Waals surface area contributed by atoms with Gasteiger partial charge in [-0.1, -0.05) is 0 Å². The molecule has 76 valence electrons. The summed E-state index contributed by atoms with van der Waals surface area (Å²) in [5.74, 6) is 0.00176. The van der Waals surface area contributed by atoms with Gasteiger partial charge in [-0.05, 0) is 38.1 Å². The van der Waals surface area contributed by atoms with Gasteiger partial charge in [-0.15, -0.1) is 0 Å². The third kappa shape index (κ3) is 2.14. The molecule has 0 unspecified atom stereocenters. The summed E-state index contributed by atoms with van der Waals surface area (Å²) in [5.41, 5.74) is 0.642. The maximum absolute atomic E-state index is 11.6. The highest BCUT2D eigenvalue weighted by atomic mass is 16.1. The van der Waals surface area contributed by atoms with Gasteiger partial charge < -0.3 is 15.6 Å². The van der Waals surface area contributed by atoms with Crippen molar-refractivity contribution in [3.63, 3.8) is 0 Å². The average Bonchev–Trinajstić information content (AvgIpc) is 2.72. The smallest absolute Gasteiger partial charge is 0.267 e. The second-order valence-electron chi connectivity index (χ2n) is 3.58. The molecule has 1 aliphatic heterocycles. The topological polar surface area (TPSA) is 56.9 Å². The zero-order valence-corrected chi connectivity index (χ0v) is 8.05. The molecule has 0 radical (unpaired) electrons. The maximum atomic E-state index is 11.6.